The first-order valence-corrected chi connectivity index (χ1v) is 7.27. The second-order valence-electron chi connectivity index (χ2n) is 5.16. The van der Waals surface area contributed by atoms with Crippen molar-refractivity contribution in [1.29, 1.82) is 0 Å². The molecule has 19 heavy (non-hydrogen) atoms. The van der Waals surface area contributed by atoms with Crippen molar-refractivity contribution in [2.75, 3.05) is 13.1 Å². The number of benzene rings is 1. The van der Waals surface area contributed by atoms with E-state index >= 15 is 0 Å². The van der Waals surface area contributed by atoms with Crippen LogP contribution in [0.2, 0.25) is 5.02 Å². The molecule has 0 spiro atoms. The molecule has 1 aromatic rings. The van der Waals surface area contributed by atoms with Crippen molar-refractivity contribution in [3.8, 4) is 5.75 Å². The number of halogens is 1. The summed E-state index contributed by atoms with van der Waals surface area (Å²) in [5.74, 6) is 0.605. The summed E-state index contributed by atoms with van der Waals surface area (Å²) in [4.78, 5) is 14.3. The molecule has 0 saturated carbocycles. The summed E-state index contributed by atoms with van der Waals surface area (Å²) in [5.41, 5.74) is 0.308. The Hall–Kier alpha value is -1.22. The Morgan fingerprint density at radius 3 is 2.95 bits per heavy atom. The van der Waals surface area contributed by atoms with E-state index in [1.807, 2.05) is 4.90 Å². The van der Waals surface area contributed by atoms with Crippen LogP contribution in [0.4, 0.5) is 0 Å². The van der Waals surface area contributed by atoms with E-state index in [2.05, 4.69) is 6.92 Å². The van der Waals surface area contributed by atoms with Gasteiger partial charge in [0.05, 0.1) is 5.56 Å². The van der Waals surface area contributed by atoms with Gasteiger partial charge in [0.2, 0.25) is 0 Å². The summed E-state index contributed by atoms with van der Waals surface area (Å²) < 4.78 is 0. The predicted molar refractivity (Wildman–Crippen MR) is 76.7 cm³/mol. The monoisotopic (exact) mass is 281 g/mol. The van der Waals surface area contributed by atoms with Crippen molar-refractivity contribution in [1.82, 2.24) is 4.90 Å². The molecule has 0 aliphatic carbocycles. The van der Waals surface area contributed by atoms with Gasteiger partial charge in [-0.1, -0.05) is 24.9 Å². The number of nitrogens with zero attached hydrogens (tertiary/aromatic N) is 1. The van der Waals surface area contributed by atoms with Crippen molar-refractivity contribution in [3.05, 3.63) is 28.8 Å². The molecular formula is C15H20ClNO2. The van der Waals surface area contributed by atoms with Gasteiger partial charge in [-0.15, -0.1) is 0 Å². The fourth-order valence-electron chi connectivity index (χ4n) is 2.63. The van der Waals surface area contributed by atoms with Gasteiger partial charge in [0.25, 0.3) is 5.91 Å². The maximum atomic E-state index is 12.4. The zero-order valence-electron chi connectivity index (χ0n) is 11.2. The number of hydrogen-bond acceptors (Lipinski definition) is 2. The lowest BCUT2D eigenvalue weighted by atomic mass is 9.98. The number of likely N-dealkylation sites (tertiary alicyclic amines) is 1. The van der Waals surface area contributed by atoms with E-state index in [0.717, 1.165) is 25.9 Å². The van der Waals surface area contributed by atoms with Crippen LogP contribution in [0, 0.1) is 5.92 Å². The second kappa shape index (κ2) is 6.29. The highest BCUT2D eigenvalue weighted by Crippen LogP contribution is 2.26. The molecule has 1 saturated heterocycles. The lowest BCUT2D eigenvalue weighted by molar-refractivity contribution is 0.0757. The van der Waals surface area contributed by atoms with Gasteiger partial charge < -0.3 is 10.0 Å². The van der Waals surface area contributed by atoms with Crippen molar-refractivity contribution >= 4 is 17.5 Å². The average molecular weight is 282 g/mol. The lowest BCUT2D eigenvalue weighted by Crippen LogP contribution is -2.32. The van der Waals surface area contributed by atoms with E-state index in [-0.39, 0.29) is 11.7 Å². The van der Waals surface area contributed by atoms with Gasteiger partial charge in [0.15, 0.2) is 0 Å². The molecule has 1 N–H and O–H groups in total. The van der Waals surface area contributed by atoms with Gasteiger partial charge >= 0.3 is 0 Å². The second-order valence-corrected chi connectivity index (χ2v) is 5.60. The number of hydrogen-bond donors (Lipinski definition) is 1. The van der Waals surface area contributed by atoms with Crippen LogP contribution in [0.25, 0.3) is 0 Å². The van der Waals surface area contributed by atoms with E-state index in [4.69, 9.17) is 11.6 Å². The molecule has 0 radical (unpaired) electrons. The fraction of sp³-hybridized carbons (Fsp3) is 0.533. The van der Waals surface area contributed by atoms with E-state index < -0.39 is 0 Å². The number of carbonyl (C=O) groups excluding carboxylic acids is 1. The van der Waals surface area contributed by atoms with Gasteiger partial charge in [-0.05, 0) is 43.4 Å². The summed E-state index contributed by atoms with van der Waals surface area (Å²) in [6.45, 7) is 3.73. The molecule has 1 aliphatic heterocycles. The van der Waals surface area contributed by atoms with E-state index in [0.29, 0.717) is 16.5 Å². The quantitative estimate of drug-likeness (QED) is 0.898. The van der Waals surface area contributed by atoms with Crippen molar-refractivity contribution in [2.24, 2.45) is 5.92 Å². The van der Waals surface area contributed by atoms with Gasteiger partial charge in [-0.2, -0.15) is 0 Å². The minimum atomic E-state index is -0.114. The predicted octanol–water partition coefficient (Wildman–Crippen LogP) is 3.70. The highest BCUT2D eigenvalue weighted by Gasteiger charge is 2.22. The topological polar surface area (TPSA) is 40.5 Å². The summed E-state index contributed by atoms with van der Waals surface area (Å²) in [6, 6.07) is 4.60. The van der Waals surface area contributed by atoms with Crippen LogP contribution in [0.5, 0.6) is 5.75 Å². The molecular weight excluding hydrogens is 262 g/mol. The zero-order chi connectivity index (χ0) is 13.8. The van der Waals surface area contributed by atoms with Crippen LogP contribution < -0.4 is 0 Å². The first-order valence-electron chi connectivity index (χ1n) is 6.89. The Morgan fingerprint density at radius 1 is 1.42 bits per heavy atom. The van der Waals surface area contributed by atoms with Crippen LogP contribution in [0.3, 0.4) is 0 Å². The standard InChI is InChI=1S/C15H20ClNO2/c1-2-11-4-3-8-17(9-7-11)15(19)13-10-12(16)5-6-14(13)18/h5-6,10-11,18H,2-4,7-9H2,1H3. The first kappa shape index (κ1) is 14.2. The third-order valence-electron chi connectivity index (χ3n) is 3.90. The molecule has 1 aliphatic rings. The Kier molecular flexibility index (Phi) is 4.70. The molecule has 104 valence electrons. The lowest BCUT2D eigenvalue weighted by Gasteiger charge is -2.21. The van der Waals surface area contributed by atoms with Gasteiger partial charge in [0.1, 0.15) is 5.75 Å². The van der Waals surface area contributed by atoms with E-state index in [9.17, 15) is 9.90 Å². The minimum Gasteiger partial charge on any atom is -0.507 e. The van der Waals surface area contributed by atoms with Crippen LogP contribution in [-0.4, -0.2) is 29.0 Å². The van der Waals surface area contributed by atoms with Crippen LogP contribution in [-0.2, 0) is 0 Å². The largest absolute Gasteiger partial charge is 0.507 e. The van der Waals surface area contributed by atoms with Crippen LogP contribution in [0.15, 0.2) is 18.2 Å². The molecule has 0 aromatic heterocycles. The normalized spacial score (nSPS) is 20.1. The number of amides is 1. The molecule has 2 rings (SSSR count). The van der Waals surface area contributed by atoms with Crippen molar-refractivity contribution in [3.63, 3.8) is 0 Å². The average Bonchev–Trinajstić information content (AvgIpc) is 2.66. The Labute approximate surface area is 119 Å². The summed E-state index contributed by atoms with van der Waals surface area (Å²) in [6.07, 6.45) is 4.43. The number of rotatable bonds is 2. The fourth-order valence-corrected chi connectivity index (χ4v) is 2.80. The Bertz CT molecular complexity index is 461. The molecule has 1 amide bonds. The van der Waals surface area contributed by atoms with Gasteiger partial charge in [-0.3, -0.25) is 4.79 Å². The third-order valence-corrected chi connectivity index (χ3v) is 4.14. The Morgan fingerprint density at radius 2 is 2.21 bits per heavy atom. The molecule has 4 heteroatoms. The maximum absolute atomic E-state index is 12.4. The number of aromatic hydroxyl groups is 1. The van der Waals surface area contributed by atoms with E-state index in [1.165, 1.54) is 18.9 Å². The smallest absolute Gasteiger partial charge is 0.257 e. The molecule has 1 atom stereocenters. The third kappa shape index (κ3) is 3.41. The molecule has 1 unspecified atom stereocenters. The highest BCUT2D eigenvalue weighted by molar-refractivity contribution is 6.31. The first-order chi connectivity index (χ1) is 9.11. The molecule has 1 aromatic carbocycles. The van der Waals surface area contributed by atoms with E-state index in [1.54, 1.807) is 12.1 Å². The summed E-state index contributed by atoms with van der Waals surface area (Å²) in [5, 5.41) is 10.3. The van der Waals surface area contributed by atoms with Crippen molar-refractivity contribution in [2.45, 2.75) is 32.6 Å². The van der Waals surface area contributed by atoms with Crippen molar-refractivity contribution < 1.29 is 9.90 Å². The molecule has 3 nitrogen and oxygen atoms in total. The highest BCUT2D eigenvalue weighted by atomic mass is 35.5. The van der Waals surface area contributed by atoms with Crippen LogP contribution >= 0.6 is 11.6 Å². The SMILES string of the molecule is CCC1CCCN(C(=O)c2cc(Cl)ccc2O)CC1. The molecule has 1 fully saturated rings. The number of phenolic OH excluding ortho intramolecular Hbond substituents is 1. The minimum absolute atomic E-state index is 0.00527. The van der Waals surface area contributed by atoms with Gasteiger partial charge in [-0.25, -0.2) is 0 Å². The number of phenols is 1. The Balaban J connectivity index is 2.13. The molecule has 1 heterocycles. The van der Waals surface area contributed by atoms with Gasteiger partial charge in [0, 0.05) is 18.1 Å². The molecule has 0 bridgehead atoms. The maximum Gasteiger partial charge on any atom is 0.257 e. The zero-order valence-corrected chi connectivity index (χ0v) is 12.0. The number of carbonyl (C=O) groups is 1. The summed E-state index contributed by atoms with van der Waals surface area (Å²) in [7, 11) is 0. The summed E-state index contributed by atoms with van der Waals surface area (Å²) >= 11 is 5.90. The van der Waals surface area contributed by atoms with Crippen LogP contribution in [0.1, 0.15) is 43.0 Å².